The monoisotopic (exact) mass is 320 g/mol. The van der Waals surface area contributed by atoms with E-state index in [1.807, 2.05) is 36.4 Å². The van der Waals surface area contributed by atoms with E-state index in [0.717, 1.165) is 16.5 Å². The maximum Gasteiger partial charge on any atom is 0.273 e. The number of benzene rings is 1. The van der Waals surface area contributed by atoms with Gasteiger partial charge in [0.25, 0.3) is 5.91 Å². The zero-order valence-electron chi connectivity index (χ0n) is 12.9. The van der Waals surface area contributed by atoms with Crippen LogP contribution in [0, 0.1) is 0 Å². The van der Waals surface area contributed by atoms with Crippen LogP contribution >= 0.6 is 0 Å². The zero-order valence-corrected chi connectivity index (χ0v) is 12.9. The number of carbonyl (C=O) groups is 2. The highest BCUT2D eigenvalue weighted by Crippen LogP contribution is 2.25. The van der Waals surface area contributed by atoms with E-state index in [9.17, 15) is 9.59 Å². The van der Waals surface area contributed by atoms with Crippen LogP contribution in [0.15, 0.2) is 48.7 Å². The van der Waals surface area contributed by atoms with Crippen molar-refractivity contribution in [2.45, 2.75) is 19.0 Å². The quantitative estimate of drug-likeness (QED) is 0.751. The summed E-state index contributed by atoms with van der Waals surface area (Å²) in [5, 5.41) is 0.932. The molecule has 6 heteroatoms. The van der Waals surface area contributed by atoms with Crippen molar-refractivity contribution in [2.24, 2.45) is 5.73 Å². The molecule has 1 aliphatic rings. The standard InChI is InChI=1S/C18H16N4O2/c19-16(23)15-9-12-3-1-2-4-13(12)10-22(15)18(24)14-6-5-11-7-8-20-17(11)21-14/h1-8,15H,9-10H2,(H2,19,23)(H,20,21)/t15-/m0/s1. The molecule has 0 bridgehead atoms. The van der Waals surface area contributed by atoms with Gasteiger partial charge in [0.1, 0.15) is 17.4 Å². The van der Waals surface area contributed by atoms with Crippen LogP contribution in [0.2, 0.25) is 0 Å². The fourth-order valence-electron chi connectivity index (χ4n) is 3.19. The summed E-state index contributed by atoms with van der Waals surface area (Å²) in [6.07, 6.45) is 2.21. The molecule has 3 N–H and O–H groups in total. The molecular formula is C18H16N4O2. The number of rotatable bonds is 2. The summed E-state index contributed by atoms with van der Waals surface area (Å²) in [7, 11) is 0. The van der Waals surface area contributed by atoms with Gasteiger partial charge in [0.2, 0.25) is 5.91 Å². The smallest absolute Gasteiger partial charge is 0.273 e. The fraction of sp³-hybridized carbons (Fsp3) is 0.167. The maximum absolute atomic E-state index is 12.9. The van der Waals surface area contributed by atoms with Crippen molar-refractivity contribution in [2.75, 3.05) is 0 Å². The van der Waals surface area contributed by atoms with Gasteiger partial charge in [0.05, 0.1) is 0 Å². The minimum atomic E-state index is -0.659. The predicted octanol–water partition coefficient (Wildman–Crippen LogP) is 1.62. The molecule has 120 valence electrons. The summed E-state index contributed by atoms with van der Waals surface area (Å²) in [5.74, 6) is -0.788. The molecule has 0 radical (unpaired) electrons. The van der Waals surface area contributed by atoms with Crippen LogP contribution in [0.4, 0.5) is 0 Å². The summed E-state index contributed by atoms with van der Waals surface area (Å²) in [6, 6.07) is 12.5. The van der Waals surface area contributed by atoms with Crippen molar-refractivity contribution in [3.63, 3.8) is 0 Å². The Hall–Kier alpha value is -3.15. The van der Waals surface area contributed by atoms with Crippen LogP contribution in [0.25, 0.3) is 11.0 Å². The number of carbonyl (C=O) groups excluding carboxylic acids is 2. The maximum atomic E-state index is 12.9. The Morgan fingerprint density at radius 1 is 1.12 bits per heavy atom. The zero-order chi connectivity index (χ0) is 16.7. The molecular weight excluding hydrogens is 304 g/mol. The first kappa shape index (κ1) is 14.4. The number of H-pyrrole nitrogens is 1. The van der Waals surface area contributed by atoms with Crippen molar-refractivity contribution in [3.8, 4) is 0 Å². The molecule has 2 aromatic heterocycles. The molecule has 24 heavy (non-hydrogen) atoms. The van der Waals surface area contributed by atoms with Gasteiger partial charge in [-0.25, -0.2) is 4.98 Å². The first-order chi connectivity index (χ1) is 11.6. The molecule has 1 atom stereocenters. The molecule has 3 heterocycles. The first-order valence-electron chi connectivity index (χ1n) is 7.74. The largest absolute Gasteiger partial charge is 0.368 e. The Morgan fingerprint density at radius 2 is 1.92 bits per heavy atom. The minimum absolute atomic E-state index is 0.287. The van der Waals surface area contributed by atoms with E-state index in [1.54, 1.807) is 12.3 Å². The third kappa shape index (κ3) is 2.32. The van der Waals surface area contributed by atoms with Crippen molar-refractivity contribution >= 4 is 22.8 Å². The highest BCUT2D eigenvalue weighted by atomic mass is 16.2. The fourth-order valence-corrected chi connectivity index (χ4v) is 3.19. The molecule has 0 fully saturated rings. The Balaban J connectivity index is 1.72. The van der Waals surface area contributed by atoms with Gasteiger partial charge in [0.15, 0.2) is 0 Å². The van der Waals surface area contributed by atoms with Crippen LogP contribution in [0.3, 0.4) is 0 Å². The first-order valence-corrected chi connectivity index (χ1v) is 7.74. The second-order valence-electron chi connectivity index (χ2n) is 5.94. The van der Waals surface area contributed by atoms with Gasteiger partial charge in [-0.2, -0.15) is 0 Å². The van der Waals surface area contributed by atoms with Gasteiger partial charge >= 0.3 is 0 Å². The van der Waals surface area contributed by atoms with Gasteiger partial charge in [-0.1, -0.05) is 24.3 Å². The molecule has 4 rings (SSSR count). The SMILES string of the molecule is NC(=O)[C@@H]1Cc2ccccc2CN1C(=O)c1ccc2cc[nH]c2n1. The third-order valence-corrected chi connectivity index (χ3v) is 4.47. The Morgan fingerprint density at radius 3 is 2.71 bits per heavy atom. The number of hydrogen-bond donors (Lipinski definition) is 2. The summed E-state index contributed by atoms with van der Waals surface area (Å²) in [4.78, 5) is 33.7. The molecule has 1 aromatic carbocycles. The highest BCUT2D eigenvalue weighted by molar-refractivity contribution is 5.97. The molecule has 3 aromatic rings. The Bertz CT molecular complexity index is 947. The van der Waals surface area contributed by atoms with Crippen LogP contribution in [0.1, 0.15) is 21.6 Å². The molecule has 0 saturated carbocycles. The number of aromatic nitrogens is 2. The summed E-state index contributed by atoms with van der Waals surface area (Å²) in [5.41, 5.74) is 8.58. The number of pyridine rings is 1. The lowest BCUT2D eigenvalue weighted by molar-refractivity contribution is -0.122. The summed E-state index contributed by atoms with van der Waals surface area (Å²) >= 11 is 0. The molecule has 0 saturated heterocycles. The van der Waals surface area contributed by atoms with Gasteiger partial charge < -0.3 is 15.6 Å². The van der Waals surface area contributed by atoms with Gasteiger partial charge in [-0.3, -0.25) is 9.59 Å². The van der Waals surface area contributed by atoms with Crippen LogP contribution in [-0.2, 0) is 17.8 Å². The van der Waals surface area contributed by atoms with Crippen molar-refractivity contribution in [1.29, 1.82) is 0 Å². The Labute approximate surface area is 138 Å². The van der Waals surface area contributed by atoms with Crippen LogP contribution in [-0.4, -0.2) is 32.7 Å². The average molecular weight is 320 g/mol. The second-order valence-corrected chi connectivity index (χ2v) is 5.94. The number of amides is 2. The van der Waals surface area contributed by atoms with Crippen molar-refractivity contribution in [3.05, 3.63) is 65.5 Å². The average Bonchev–Trinajstić information content (AvgIpc) is 3.07. The Kier molecular flexibility index (Phi) is 3.30. The van der Waals surface area contributed by atoms with Crippen molar-refractivity contribution < 1.29 is 9.59 Å². The van der Waals surface area contributed by atoms with E-state index in [1.165, 1.54) is 4.90 Å². The number of fused-ring (bicyclic) bond motifs is 2. The van der Waals surface area contributed by atoms with E-state index >= 15 is 0 Å². The van der Waals surface area contributed by atoms with Crippen LogP contribution in [0.5, 0.6) is 0 Å². The topological polar surface area (TPSA) is 92.1 Å². The van der Waals surface area contributed by atoms with Crippen LogP contribution < -0.4 is 5.73 Å². The van der Waals surface area contributed by atoms with E-state index in [0.29, 0.717) is 24.3 Å². The number of nitrogens with zero attached hydrogens (tertiary/aromatic N) is 2. The highest BCUT2D eigenvalue weighted by Gasteiger charge is 2.34. The van der Waals surface area contributed by atoms with E-state index in [-0.39, 0.29) is 5.91 Å². The number of hydrogen-bond acceptors (Lipinski definition) is 3. The van der Waals surface area contributed by atoms with E-state index in [4.69, 9.17) is 5.73 Å². The lowest BCUT2D eigenvalue weighted by Crippen LogP contribution is -2.51. The van der Waals surface area contributed by atoms with Gasteiger partial charge in [-0.05, 0) is 29.3 Å². The third-order valence-electron chi connectivity index (χ3n) is 4.47. The van der Waals surface area contributed by atoms with E-state index < -0.39 is 11.9 Å². The predicted molar refractivity (Wildman–Crippen MR) is 89.1 cm³/mol. The number of aromatic amines is 1. The van der Waals surface area contributed by atoms with E-state index in [2.05, 4.69) is 9.97 Å². The number of nitrogens with one attached hydrogen (secondary N) is 1. The minimum Gasteiger partial charge on any atom is -0.368 e. The van der Waals surface area contributed by atoms with Gasteiger partial charge in [-0.15, -0.1) is 0 Å². The molecule has 2 amide bonds. The lowest BCUT2D eigenvalue weighted by atomic mass is 9.93. The second kappa shape index (κ2) is 5.49. The summed E-state index contributed by atoms with van der Waals surface area (Å²) in [6.45, 7) is 0.354. The number of primary amides is 1. The lowest BCUT2D eigenvalue weighted by Gasteiger charge is -2.34. The molecule has 0 unspecified atom stereocenters. The van der Waals surface area contributed by atoms with Crippen molar-refractivity contribution in [1.82, 2.24) is 14.9 Å². The summed E-state index contributed by atoms with van der Waals surface area (Å²) < 4.78 is 0. The van der Waals surface area contributed by atoms with Gasteiger partial charge in [0, 0.05) is 24.5 Å². The normalized spacial score (nSPS) is 16.8. The molecule has 0 aliphatic carbocycles. The molecule has 6 nitrogen and oxygen atoms in total. The number of nitrogens with two attached hydrogens (primary N) is 1. The molecule has 0 spiro atoms. The molecule has 1 aliphatic heterocycles.